The van der Waals surface area contributed by atoms with Gasteiger partial charge in [0.15, 0.2) is 5.65 Å². The minimum absolute atomic E-state index is 0.327. The molecule has 1 N–H and O–H groups in total. The number of nitrogens with one attached hydrogen (secondary N) is 1. The number of aromatic nitrogens is 3. The van der Waals surface area contributed by atoms with Gasteiger partial charge in [0.05, 0.1) is 19.4 Å². The van der Waals surface area contributed by atoms with Crippen molar-refractivity contribution >= 4 is 23.1 Å². The molecule has 5 rings (SSSR count). The zero-order chi connectivity index (χ0) is 24.4. The summed E-state index contributed by atoms with van der Waals surface area (Å²) in [5, 5.41) is 8.74. The van der Waals surface area contributed by atoms with Crippen molar-refractivity contribution in [2.24, 2.45) is 0 Å². The van der Waals surface area contributed by atoms with Crippen LogP contribution in [-0.4, -0.2) is 58.9 Å². The number of ether oxygens (including phenoxy) is 2. The highest BCUT2D eigenvalue weighted by molar-refractivity contribution is 6.31. The first-order chi connectivity index (χ1) is 17.0. The first-order valence-corrected chi connectivity index (χ1v) is 12.0. The fraction of sp³-hybridized carbons (Fsp3) is 0.308. The van der Waals surface area contributed by atoms with Gasteiger partial charge in [-0.2, -0.15) is 14.6 Å². The predicted molar refractivity (Wildman–Crippen MR) is 135 cm³/mol. The van der Waals surface area contributed by atoms with E-state index < -0.39 is 0 Å². The van der Waals surface area contributed by atoms with Crippen LogP contribution in [0.5, 0.6) is 11.6 Å². The van der Waals surface area contributed by atoms with Gasteiger partial charge in [-0.25, -0.2) is 4.39 Å². The van der Waals surface area contributed by atoms with Crippen molar-refractivity contribution in [2.45, 2.75) is 13.8 Å². The SMILES string of the molecule is Cc1ccc(-c2cnn3c(NCCN4CCOCC4)cc(Oc4cccc(F)c4C)nc23)cc1Cl. The van der Waals surface area contributed by atoms with Crippen LogP contribution in [0.3, 0.4) is 0 Å². The molecule has 0 saturated carbocycles. The van der Waals surface area contributed by atoms with E-state index in [1.54, 1.807) is 35.8 Å². The molecule has 1 aliphatic rings. The fourth-order valence-corrected chi connectivity index (χ4v) is 4.24. The van der Waals surface area contributed by atoms with E-state index >= 15 is 0 Å². The van der Waals surface area contributed by atoms with Crippen molar-refractivity contribution in [3.05, 3.63) is 70.6 Å². The summed E-state index contributed by atoms with van der Waals surface area (Å²) in [6.07, 6.45) is 1.77. The number of nitrogens with zero attached hydrogens (tertiary/aromatic N) is 4. The number of hydrogen-bond donors (Lipinski definition) is 1. The quantitative estimate of drug-likeness (QED) is 0.373. The van der Waals surface area contributed by atoms with Gasteiger partial charge in [-0.05, 0) is 43.2 Å². The lowest BCUT2D eigenvalue weighted by Crippen LogP contribution is -2.39. The van der Waals surface area contributed by atoms with Gasteiger partial charge in [0.2, 0.25) is 5.88 Å². The van der Waals surface area contributed by atoms with Gasteiger partial charge in [0, 0.05) is 48.4 Å². The smallest absolute Gasteiger partial charge is 0.224 e. The van der Waals surface area contributed by atoms with Crippen LogP contribution >= 0.6 is 11.6 Å². The number of morpholine rings is 1. The number of halogens is 2. The summed E-state index contributed by atoms with van der Waals surface area (Å²) in [5.74, 6) is 1.17. The molecule has 35 heavy (non-hydrogen) atoms. The van der Waals surface area contributed by atoms with Crippen LogP contribution in [0.4, 0.5) is 10.2 Å². The second-order valence-electron chi connectivity index (χ2n) is 8.58. The average Bonchev–Trinajstić information content (AvgIpc) is 3.29. The topological polar surface area (TPSA) is 63.9 Å². The number of hydrogen-bond acceptors (Lipinski definition) is 6. The van der Waals surface area contributed by atoms with Crippen molar-refractivity contribution in [2.75, 3.05) is 44.7 Å². The van der Waals surface area contributed by atoms with Crippen LogP contribution in [0.25, 0.3) is 16.8 Å². The molecule has 3 heterocycles. The maximum Gasteiger partial charge on any atom is 0.224 e. The zero-order valence-corrected chi connectivity index (χ0v) is 20.5. The van der Waals surface area contributed by atoms with Crippen molar-refractivity contribution in [1.29, 1.82) is 0 Å². The number of aryl methyl sites for hydroxylation is 1. The Bertz CT molecular complexity index is 1350. The van der Waals surface area contributed by atoms with Gasteiger partial charge >= 0.3 is 0 Å². The highest BCUT2D eigenvalue weighted by atomic mass is 35.5. The minimum atomic E-state index is -0.327. The van der Waals surface area contributed by atoms with Crippen LogP contribution in [0.15, 0.2) is 48.7 Å². The molecule has 9 heteroatoms. The van der Waals surface area contributed by atoms with Gasteiger partial charge in [0.25, 0.3) is 0 Å². The third-order valence-corrected chi connectivity index (χ3v) is 6.61. The summed E-state index contributed by atoms with van der Waals surface area (Å²) in [7, 11) is 0. The lowest BCUT2D eigenvalue weighted by atomic mass is 10.1. The van der Waals surface area contributed by atoms with Gasteiger partial charge in [-0.1, -0.05) is 29.8 Å². The second-order valence-corrected chi connectivity index (χ2v) is 8.99. The lowest BCUT2D eigenvalue weighted by Gasteiger charge is -2.26. The Hall–Kier alpha value is -3.20. The van der Waals surface area contributed by atoms with E-state index in [-0.39, 0.29) is 5.82 Å². The molecule has 1 fully saturated rings. The molecule has 0 amide bonds. The Kier molecular flexibility index (Phi) is 6.86. The Morgan fingerprint density at radius 3 is 2.77 bits per heavy atom. The summed E-state index contributed by atoms with van der Waals surface area (Å²) < 4.78 is 27.4. The van der Waals surface area contributed by atoms with E-state index in [9.17, 15) is 4.39 Å². The first-order valence-electron chi connectivity index (χ1n) is 11.6. The highest BCUT2D eigenvalue weighted by Crippen LogP contribution is 2.32. The standard InChI is InChI=1S/C26H27ClFN5O2/c1-17-6-7-19(14-21(17)27)20-16-30-33-24(29-8-9-32-10-12-34-13-11-32)15-25(31-26(20)33)35-23-5-3-4-22(28)18(23)2/h3-7,14-16,29H,8-13H2,1-2H3. The van der Waals surface area contributed by atoms with Crippen LogP contribution < -0.4 is 10.1 Å². The van der Waals surface area contributed by atoms with Crippen molar-refractivity contribution in [3.63, 3.8) is 0 Å². The van der Waals surface area contributed by atoms with Crippen LogP contribution in [0.1, 0.15) is 11.1 Å². The molecule has 2 aromatic carbocycles. The van der Waals surface area contributed by atoms with E-state index in [0.717, 1.165) is 55.4 Å². The van der Waals surface area contributed by atoms with E-state index in [1.165, 1.54) is 6.07 Å². The first kappa shape index (κ1) is 23.5. The molecule has 182 valence electrons. The number of benzene rings is 2. The lowest BCUT2D eigenvalue weighted by molar-refractivity contribution is 0.0398. The molecule has 0 aliphatic carbocycles. The molecule has 0 radical (unpaired) electrons. The molecule has 0 spiro atoms. The molecule has 0 atom stereocenters. The largest absolute Gasteiger partial charge is 0.438 e. The summed E-state index contributed by atoms with van der Waals surface area (Å²) >= 11 is 6.39. The second kappa shape index (κ2) is 10.2. The predicted octanol–water partition coefficient (Wildman–Crippen LogP) is 5.34. The molecular weight excluding hydrogens is 469 g/mol. The molecule has 0 bridgehead atoms. The van der Waals surface area contributed by atoms with Crippen molar-refractivity contribution < 1.29 is 13.9 Å². The van der Waals surface area contributed by atoms with E-state index in [0.29, 0.717) is 34.4 Å². The van der Waals surface area contributed by atoms with E-state index in [2.05, 4.69) is 15.3 Å². The molecule has 1 saturated heterocycles. The Balaban J connectivity index is 1.51. The van der Waals surface area contributed by atoms with Crippen LogP contribution in [0.2, 0.25) is 5.02 Å². The van der Waals surface area contributed by atoms with Crippen molar-refractivity contribution in [1.82, 2.24) is 19.5 Å². The molecular formula is C26H27ClFN5O2. The third-order valence-electron chi connectivity index (χ3n) is 6.20. The Labute approximate surface area is 208 Å². The van der Waals surface area contributed by atoms with E-state index in [1.807, 2.05) is 25.1 Å². The normalized spacial score (nSPS) is 14.4. The highest BCUT2D eigenvalue weighted by Gasteiger charge is 2.17. The zero-order valence-electron chi connectivity index (χ0n) is 19.7. The summed E-state index contributed by atoms with van der Waals surface area (Å²) in [6, 6.07) is 12.4. The number of fused-ring (bicyclic) bond motifs is 1. The van der Waals surface area contributed by atoms with Gasteiger partial charge in [-0.3, -0.25) is 4.90 Å². The number of rotatable bonds is 7. The molecule has 2 aromatic heterocycles. The third kappa shape index (κ3) is 5.10. The minimum Gasteiger partial charge on any atom is -0.438 e. The Morgan fingerprint density at radius 1 is 1.14 bits per heavy atom. The van der Waals surface area contributed by atoms with Crippen LogP contribution in [-0.2, 0) is 4.74 Å². The summed E-state index contributed by atoms with van der Waals surface area (Å²) in [4.78, 5) is 7.09. The molecule has 7 nitrogen and oxygen atoms in total. The van der Waals surface area contributed by atoms with Gasteiger partial charge in [0.1, 0.15) is 17.4 Å². The Morgan fingerprint density at radius 2 is 1.97 bits per heavy atom. The monoisotopic (exact) mass is 495 g/mol. The summed E-state index contributed by atoms with van der Waals surface area (Å²) in [5.41, 5.74) is 3.77. The van der Waals surface area contributed by atoms with Crippen molar-refractivity contribution in [3.8, 4) is 22.8 Å². The maximum atomic E-state index is 14.1. The van der Waals surface area contributed by atoms with Crippen LogP contribution in [0, 0.1) is 19.7 Å². The van der Waals surface area contributed by atoms with E-state index in [4.69, 9.17) is 26.1 Å². The molecule has 1 aliphatic heterocycles. The molecule has 4 aromatic rings. The number of anilines is 1. The average molecular weight is 496 g/mol. The van der Waals surface area contributed by atoms with Gasteiger partial charge < -0.3 is 14.8 Å². The summed E-state index contributed by atoms with van der Waals surface area (Å²) in [6.45, 7) is 8.57. The van der Waals surface area contributed by atoms with Gasteiger partial charge in [-0.15, -0.1) is 0 Å². The fourth-order valence-electron chi connectivity index (χ4n) is 4.06. The molecule has 0 unspecified atom stereocenters. The maximum absolute atomic E-state index is 14.1.